The summed E-state index contributed by atoms with van der Waals surface area (Å²) in [5.41, 5.74) is 2.75. The lowest BCUT2D eigenvalue weighted by Crippen LogP contribution is -2.61. The number of halogens is 1. The Morgan fingerprint density at radius 3 is 2.82 bits per heavy atom. The minimum absolute atomic E-state index is 0. The Morgan fingerprint density at radius 2 is 2.06 bits per heavy atom. The van der Waals surface area contributed by atoms with Crippen molar-refractivity contribution in [2.75, 3.05) is 13.6 Å². The van der Waals surface area contributed by atoms with E-state index in [1.54, 1.807) is 0 Å². The van der Waals surface area contributed by atoms with Crippen LogP contribution >= 0.6 is 17.0 Å². The SMILES string of the molecule is Br.CN1CCC2(C)c3ccccc3CC1C2O. The summed E-state index contributed by atoms with van der Waals surface area (Å²) in [6.07, 6.45) is 1.82. The van der Waals surface area contributed by atoms with Crippen molar-refractivity contribution < 1.29 is 5.11 Å². The van der Waals surface area contributed by atoms with Gasteiger partial charge < -0.3 is 10.0 Å². The largest absolute Gasteiger partial charge is 0.391 e. The molecule has 2 aliphatic rings. The maximum atomic E-state index is 10.5. The molecule has 3 unspecified atom stereocenters. The summed E-state index contributed by atoms with van der Waals surface area (Å²) in [6.45, 7) is 3.31. The molecule has 94 valence electrons. The molecule has 17 heavy (non-hydrogen) atoms. The Bertz CT molecular complexity index is 422. The highest BCUT2D eigenvalue weighted by molar-refractivity contribution is 8.93. The fourth-order valence-corrected chi connectivity index (χ4v) is 3.43. The molecule has 3 atom stereocenters. The van der Waals surface area contributed by atoms with Gasteiger partial charge in [0.2, 0.25) is 0 Å². The number of nitrogens with zero attached hydrogens (tertiary/aromatic N) is 1. The summed E-state index contributed by atoms with van der Waals surface area (Å²) in [4.78, 5) is 2.31. The van der Waals surface area contributed by atoms with Gasteiger partial charge in [-0.15, -0.1) is 17.0 Å². The van der Waals surface area contributed by atoms with Crippen LogP contribution in [0.4, 0.5) is 0 Å². The number of aliphatic hydroxyl groups is 1. The molecule has 1 aliphatic carbocycles. The number of fused-ring (bicyclic) bond motifs is 4. The summed E-state index contributed by atoms with van der Waals surface area (Å²) in [5, 5.41) is 10.5. The van der Waals surface area contributed by atoms with Crippen LogP contribution in [0.1, 0.15) is 24.5 Å². The molecule has 0 aromatic heterocycles. The van der Waals surface area contributed by atoms with E-state index in [1.165, 1.54) is 11.1 Å². The van der Waals surface area contributed by atoms with E-state index in [9.17, 15) is 5.11 Å². The molecule has 0 amide bonds. The highest BCUT2D eigenvalue weighted by atomic mass is 79.9. The van der Waals surface area contributed by atoms with Crippen molar-refractivity contribution >= 4 is 17.0 Å². The third-order valence-corrected chi connectivity index (χ3v) is 4.63. The summed E-state index contributed by atoms with van der Waals surface area (Å²) in [7, 11) is 2.13. The minimum atomic E-state index is -0.221. The molecule has 1 fully saturated rings. The molecule has 0 spiro atoms. The molecule has 0 radical (unpaired) electrons. The van der Waals surface area contributed by atoms with E-state index in [1.807, 2.05) is 0 Å². The van der Waals surface area contributed by atoms with Crippen LogP contribution in [0, 0.1) is 0 Å². The van der Waals surface area contributed by atoms with Crippen molar-refractivity contribution in [1.29, 1.82) is 0 Å². The van der Waals surface area contributed by atoms with Gasteiger partial charge in [0.25, 0.3) is 0 Å². The molecule has 2 bridgehead atoms. The zero-order valence-corrected chi connectivity index (χ0v) is 12.1. The Labute approximate surface area is 113 Å². The fourth-order valence-electron chi connectivity index (χ4n) is 3.43. The quantitative estimate of drug-likeness (QED) is 0.793. The van der Waals surface area contributed by atoms with E-state index in [2.05, 4.69) is 43.1 Å². The van der Waals surface area contributed by atoms with Crippen LogP contribution in [0.5, 0.6) is 0 Å². The molecule has 1 aliphatic heterocycles. The van der Waals surface area contributed by atoms with Gasteiger partial charge >= 0.3 is 0 Å². The molecule has 3 rings (SSSR count). The van der Waals surface area contributed by atoms with E-state index < -0.39 is 0 Å². The van der Waals surface area contributed by atoms with Gasteiger partial charge in [-0.05, 0) is 37.6 Å². The van der Waals surface area contributed by atoms with Crippen molar-refractivity contribution in [3.8, 4) is 0 Å². The molecule has 2 nitrogen and oxygen atoms in total. The summed E-state index contributed by atoms with van der Waals surface area (Å²) in [6, 6.07) is 8.91. The third-order valence-electron chi connectivity index (χ3n) is 4.63. The number of piperidine rings is 1. The monoisotopic (exact) mass is 297 g/mol. The summed E-state index contributed by atoms with van der Waals surface area (Å²) >= 11 is 0. The average molecular weight is 298 g/mol. The Kier molecular flexibility index (Phi) is 3.36. The molecule has 1 heterocycles. The highest BCUT2D eigenvalue weighted by Crippen LogP contribution is 2.44. The number of hydrogen-bond acceptors (Lipinski definition) is 2. The zero-order valence-electron chi connectivity index (χ0n) is 10.4. The van der Waals surface area contributed by atoms with Gasteiger partial charge in [-0.2, -0.15) is 0 Å². The number of hydrogen-bond donors (Lipinski definition) is 1. The Morgan fingerprint density at radius 1 is 1.35 bits per heavy atom. The van der Waals surface area contributed by atoms with Gasteiger partial charge in [0, 0.05) is 11.5 Å². The van der Waals surface area contributed by atoms with Gasteiger partial charge in [0.1, 0.15) is 0 Å². The molecule has 1 N–H and O–H groups in total. The van der Waals surface area contributed by atoms with Crippen LogP contribution < -0.4 is 0 Å². The predicted octanol–water partition coefficient (Wildman–Crippen LogP) is 2.14. The topological polar surface area (TPSA) is 23.5 Å². The first-order chi connectivity index (χ1) is 7.63. The molecular formula is C14H20BrNO. The van der Waals surface area contributed by atoms with Crippen LogP contribution in [-0.4, -0.2) is 35.7 Å². The first-order valence-electron chi connectivity index (χ1n) is 6.09. The van der Waals surface area contributed by atoms with Crippen LogP contribution in [0.25, 0.3) is 0 Å². The van der Waals surface area contributed by atoms with Crippen LogP contribution in [0.2, 0.25) is 0 Å². The first-order valence-corrected chi connectivity index (χ1v) is 6.09. The fraction of sp³-hybridized carbons (Fsp3) is 0.571. The van der Waals surface area contributed by atoms with E-state index >= 15 is 0 Å². The van der Waals surface area contributed by atoms with Gasteiger partial charge in [0.15, 0.2) is 0 Å². The summed E-state index contributed by atoms with van der Waals surface area (Å²) in [5.74, 6) is 0. The molecule has 3 heteroatoms. The van der Waals surface area contributed by atoms with E-state index in [-0.39, 0.29) is 28.5 Å². The van der Waals surface area contributed by atoms with E-state index in [0.29, 0.717) is 6.04 Å². The van der Waals surface area contributed by atoms with E-state index in [0.717, 1.165) is 19.4 Å². The Balaban J connectivity index is 0.00000108. The van der Waals surface area contributed by atoms with Crippen LogP contribution in [-0.2, 0) is 11.8 Å². The number of likely N-dealkylation sites (N-methyl/N-ethyl adjacent to an activating group) is 1. The van der Waals surface area contributed by atoms with E-state index in [4.69, 9.17) is 0 Å². The molecular weight excluding hydrogens is 278 g/mol. The second-order valence-electron chi connectivity index (χ2n) is 5.52. The van der Waals surface area contributed by atoms with Gasteiger partial charge in [-0.25, -0.2) is 0 Å². The van der Waals surface area contributed by atoms with Crippen molar-refractivity contribution in [2.24, 2.45) is 0 Å². The van der Waals surface area contributed by atoms with Crippen molar-refractivity contribution in [3.05, 3.63) is 35.4 Å². The standard InChI is InChI=1S/C14H19NO.BrH/c1-14-7-8-15(2)12(13(14)16)9-10-5-3-4-6-11(10)14;/h3-6,12-13,16H,7-9H2,1-2H3;1H. The van der Waals surface area contributed by atoms with Crippen molar-refractivity contribution in [2.45, 2.75) is 37.3 Å². The van der Waals surface area contributed by atoms with Gasteiger partial charge in [0.05, 0.1) is 6.10 Å². The molecule has 1 aromatic carbocycles. The number of likely N-dealkylation sites (tertiary alicyclic amines) is 1. The molecule has 1 saturated heterocycles. The number of rotatable bonds is 0. The lowest BCUT2D eigenvalue weighted by atomic mass is 9.63. The van der Waals surface area contributed by atoms with Crippen LogP contribution in [0.3, 0.4) is 0 Å². The lowest BCUT2D eigenvalue weighted by molar-refractivity contribution is -0.0406. The molecule has 1 aromatic rings. The van der Waals surface area contributed by atoms with Gasteiger partial charge in [-0.1, -0.05) is 31.2 Å². The van der Waals surface area contributed by atoms with Crippen molar-refractivity contribution in [3.63, 3.8) is 0 Å². The average Bonchev–Trinajstić information content (AvgIpc) is 2.29. The van der Waals surface area contributed by atoms with Crippen molar-refractivity contribution in [1.82, 2.24) is 4.90 Å². The molecule has 0 saturated carbocycles. The Hall–Kier alpha value is -0.380. The zero-order chi connectivity index (χ0) is 11.3. The number of benzene rings is 1. The minimum Gasteiger partial charge on any atom is -0.391 e. The predicted molar refractivity (Wildman–Crippen MR) is 74.9 cm³/mol. The lowest BCUT2D eigenvalue weighted by Gasteiger charge is -2.52. The smallest absolute Gasteiger partial charge is 0.0792 e. The second kappa shape index (κ2) is 4.38. The highest BCUT2D eigenvalue weighted by Gasteiger charge is 2.48. The number of aliphatic hydroxyl groups excluding tert-OH is 1. The van der Waals surface area contributed by atoms with Gasteiger partial charge in [-0.3, -0.25) is 0 Å². The maximum absolute atomic E-state index is 10.5. The normalized spacial score (nSPS) is 35.9. The summed E-state index contributed by atoms with van der Waals surface area (Å²) < 4.78 is 0. The third kappa shape index (κ3) is 1.76. The van der Waals surface area contributed by atoms with Crippen LogP contribution in [0.15, 0.2) is 24.3 Å². The maximum Gasteiger partial charge on any atom is 0.0792 e. The first kappa shape index (κ1) is 13.1. The second-order valence-corrected chi connectivity index (χ2v) is 5.52.